The van der Waals surface area contributed by atoms with Crippen molar-refractivity contribution in [1.82, 2.24) is 9.88 Å². The average Bonchev–Trinajstić information content (AvgIpc) is 2.91. The van der Waals surface area contributed by atoms with Crippen molar-refractivity contribution < 1.29 is 27.2 Å². The molecule has 1 atom stereocenters. The number of urea groups is 1. The van der Waals surface area contributed by atoms with E-state index in [1.165, 1.54) is 47.5 Å². The predicted molar refractivity (Wildman–Crippen MR) is 108 cm³/mol. The number of pyridine rings is 1. The van der Waals surface area contributed by atoms with Crippen LogP contribution >= 0.6 is 11.8 Å². The van der Waals surface area contributed by atoms with E-state index in [4.69, 9.17) is 0 Å². The lowest BCUT2D eigenvalue weighted by molar-refractivity contribution is -0.119. The molecular formula is C21H15F4N3O2S. The fourth-order valence-corrected chi connectivity index (χ4v) is 4.03. The summed E-state index contributed by atoms with van der Waals surface area (Å²) in [4.78, 5) is 32.0. The minimum Gasteiger partial charge on any atom is -0.308 e. The number of alkyl halides is 3. The van der Waals surface area contributed by atoms with Crippen LogP contribution in [0, 0.1) is 5.82 Å². The minimum absolute atomic E-state index is 0.0236. The molecule has 1 saturated heterocycles. The minimum atomic E-state index is -4.44. The van der Waals surface area contributed by atoms with Crippen LogP contribution in [0.3, 0.4) is 0 Å². The number of benzene rings is 2. The van der Waals surface area contributed by atoms with Gasteiger partial charge in [-0.1, -0.05) is 6.07 Å². The zero-order valence-corrected chi connectivity index (χ0v) is 16.9. The van der Waals surface area contributed by atoms with E-state index in [-0.39, 0.29) is 34.3 Å². The Morgan fingerprint density at radius 3 is 2.45 bits per heavy atom. The Bertz CT molecular complexity index is 1160. The van der Waals surface area contributed by atoms with Crippen molar-refractivity contribution in [2.24, 2.45) is 0 Å². The van der Waals surface area contributed by atoms with Gasteiger partial charge < -0.3 is 4.90 Å². The molecule has 0 saturated carbocycles. The highest BCUT2D eigenvalue weighted by Crippen LogP contribution is 2.38. The highest BCUT2D eigenvalue weighted by atomic mass is 32.2. The standard InChI is InChI=1S/C21H15F4N3O2S/c1-12-19(29)28(14-5-7-15(8-6-14)31-21(23,24)25)20(30)27(12)11-13-9-10-26-17-4-2-3-16(22)18(13)17/h2-10,12H,11H2,1H3. The summed E-state index contributed by atoms with van der Waals surface area (Å²) < 4.78 is 52.0. The van der Waals surface area contributed by atoms with Gasteiger partial charge in [0.1, 0.15) is 11.9 Å². The lowest BCUT2D eigenvalue weighted by Crippen LogP contribution is -2.33. The molecule has 31 heavy (non-hydrogen) atoms. The molecule has 2 aromatic carbocycles. The van der Waals surface area contributed by atoms with Crippen molar-refractivity contribution in [1.29, 1.82) is 0 Å². The molecule has 0 N–H and O–H groups in total. The van der Waals surface area contributed by atoms with Crippen molar-refractivity contribution >= 4 is 40.3 Å². The molecule has 1 aliphatic rings. The number of carbonyl (C=O) groups is 2. The summed E-state index contributed by atoms with van der Waals surface area (Å²) in [6.07, 6.45) is 1.50. The fraction of sp³-hybridized carbons (Fsp3) is 0.190. The van der Waals surface area contributed by atoms with Crippen LogP contribution in [0.1, 0.15) is 12.5 Å². The second-order valence-electron chi connectivity index (χ2n) is 6.91. The van der Waals surface area contributed by atoms with Crippen molar-refractivity contribution in [3.05, 3.63) is 66.1 Å². The molecule has 1 aromatic heterocycles. The number of imide groups is 1. The van der Waals surface area contributed by atoms with Gasteiger partial charge in [-0.3, -0.25) is 9.78 Å². The molecule has 0 spiro atoms. The lowest BCUT2D eigenvalue weighted by Gasteiger charge is -2.20. The van der Waals surface area contributed by atoms with E-state index < -0.39 is 29.3 Å². The first-order valence-electron chi connectivity index (χ1n) is 9.18. The molecule has 0 radical (unpaired) electrons. The van der Waals surface area contributed by atoms with E-state index >= 15 is 0 Å². The van der Waals surface area contributed by atoms with E-state index in [0.29, 0.717) is 11.1 Å². The normalized spacial score (nSPS) is 17.1. The Morgan fingerprint density at radius 2 is 1.77 bits per heavy atom. The summed E-state index contributed by atoms with van der Waals surface area (Å²) in [6, 6.07) is 9.59. The number of carbonyl (C=O) groups excluding carboxylic acids is 2. The third kappa shape index (κ3) is 4.07. The van der Waals surface area contributed by atoms with Crippen LogP contribution in [-0.2, 0) is 11.3 Å². The number of halogens is 4. The van der Waals surface area contributed by atoms with Crippen LogP contribution in [0.25, 0.3) is 10.9 Å². The number of rotatable bonds is 4. The van der Waals surface area contributed by atoms with Crippen molar-refractivity contribution in [3.8, 4) is 0 Å². The molecule has 0 aliphatic carbocycles. The highest BCUT2D eigenvalue weighted by Gasteiger charge is 2.43. The van der Waals surface area contributed by atoms with E-state index in [9.17, 15) is 27.2 Å². The molecule has 2 heterocycles. The number of fused-ring (bicyclic) bond motifs is 1. The Hall–Kier alpha value is -3.14. The highest BCUT2D eigenvalue weighted by molar-refractivity contribution is 8.00. The van der Waals surface area contributed by atoms with E-state index in [0.717, 1.165) is 4.90 Å². The Labute approximate surface area is 178 Å². The van der Waals surface area contributed by atoms with Gasteiger partial charge in [-0.05, 0) is 66.7 Å². The van der Waals surface area contributed by atoms with Gasteiger partial charge in [0.2, 0.25) is 0 Å². The quantitative estimate of drug-likeness (QED) is 0.306. The van der Waals surface area contributed by atoms with Crippen molar-refractivity contribution in [2.45, 2.75) is 29.9 Å². The van der Waals surface area contributed by atoms with Gasteiger partial charge in [0.05, 0.1) is 11.2 Å². The summed E-state index contributed by atoms with van der Waals surface area (Å²) in [5, 5.41) is 0.268. The number of aromatic nitrogens is 1. The Kier molecular flexibility index (Phi) is 5.34. The third-order valence-corrected chi connectivity index (χ3v) is 5.69. The number of anilines is 1. The van der Waals surface area contributed by atoms with Gasteiger partial charge in [-0.25, -0.2) is 14.1 Å². The van der Waals surface area contributed by atoms with E-state index in [2.05, 4.69) is 4.98 Å². The number of hydrogen-bond donors (Lipinski definition) is 0. The topological polar surface area (TPSA) is 53.5 Å². The van der Waals surface area contributed by atoms with Gasteiger partial charge in [0.25, 0.3) is 5.91 Å². The zero-order valence-electron chi connectivity index (χ0n) is 16.1. The van der Waals surface area contributed by atoms with Gasteiger partial charge in [-0.15, -0.1) is 0 Å². The SMILES string of the molecule is CC1C(=O)N(c2ccc(SC(F)(F)F)cc2)C(=O)N1Cc1ccnc2cccc(F)c12. The molecule has 3 aromatic rings. The maximum Gasteiger partial charge on any atom is 0.446 e. The molecule has 10 heteroatoms. The Balaban J connectivity index is 1.61. The number of hydrogen-bond acceptors (Lipinski definition) is 4. The lowest BCUT2D eigenvalue weighted by atomic mass is 10.1. The number of nitrogens with zero attached hydrogens (tertiary/aromatic N) is 3. The fourth-order valence-electron chi connectivity index (χ4n) is 3.49. The van der Waals surface area contributed by atoms with Gasteiger partial charge in [-0.2, -0.15) is 13.2 Å². The largest absolute Gasteiger partial charge is 0.446 e. The third-order valence-electron chi connectivity index (χ3n) is 4.95. The van der Waals surface area contributed by atoms with Crippen LogP contribution in [-0.4, -0.2) is 33.4 Å². The molecular weight excluding hydrogens is 434 g/mol. The number of thioether (sulfide) groups is 1. The maximum atomic E-state index is 14.4. The second-order valence-corrected chi connectivity index (χ2v) is 8.04. The molecule has 4 rings (SSSR count). The van der Waals surface area contributed by atoms with E-state index in [1.54, 1.807) is 19.1 Å². The van der Waals surface area contributed by atoms with Gasteiger partial charge in [0, 0.05) is 23.0 Å². The van der Waals surface area contributed by atoms with Crippen LogP contribution in [0.2, 0.25) is 0 Å². The molecule has 0 bridgehead atoms. The van der Waals surface area contributed by atoms with Crippen molar-refractivity contribution in [3.63, 3.8) is 0 Å². The first kappa shape index (κ1) is 21.1. The van der Waals surface area contributed by atoms with E-state index in [1.807, 2.05) is 0 Å². The monoisotopic (exact) mass is 449 g/mol. The summed E-state index contributed by atoms with van der Waals surface area (Å²) in [7, 11) is 0. The Morgan fingerprint density at radius 1 is 1.06 bits per heavy atom. The van der Waals surface area contributed by atoms with Crippen LogP contribution < -0.4 is 4.90 Å². The molecule has 1 fully saturated rings. The molecule has 1 aliphatic heterocycles. The average molecular weight is 449 g/mol. The maximum absolute atomic E-state index is 14.4. The summed E-state index contributed by atoms with van der Waals surface area (Å²) in [5.74, 6) is -0.999. The number of amides is 3. The van der Waals surface area contributed by atoms with Crippen LogP contribution in [0.15, 0.2) is 59.6 Å². The summed E-state index contributed by atoms with van der Waals surface area (Å²) >= 11 is -0.281. The van der Waals surface area contributed by atoms with Gasteiger partial charge >= 0.3 is 11.5 Å². The van der Waals surface area contributed by atoms with Crippen LogP contribution in [0.5, 0.6) is 0 Å². The molecule has 1 unspecified atom stereocenters. The summed E-state index contributed by atoms with van der Waals surface area (Å²) in [6.45, 7) is 1.53. The molecule has 160 valence electrons. The molecule has 3 amide bonds. The second kappa shape index (κ2) is 7.84. The van der Waals surface area contributed by atoms with Crippen molar-refractivity contribution in [2.75, 3.05) is 4.90 Å². The smallest absolute Gasteiger partial charge is 0.308 e. The first-order chi connectivity index (χ1) is 14.7. The molecule has 5 nitrogen and oxygen atoms in total. The van der Waals surface area contributed by atoms with Gasteiger partial charge in [0.15, 0.2) is 0 Å². The van der Waals surface area contributed by atoms with Crippen LogP contribution in [0.4, 0.5) is 28.0 Å². The predicted octanol–water partition coefficient (Wildman–Crippen LogP) is 5.34. The summed E-state index contributed by atoms with van der Waals surface area (Å²) in [5.41, 5.74) is -3.34. The first-order valence-corrected chi connectivity index (χ1v) is 10.00. The zero-order chi connectivity index (χ0) is 22.3.